The van der Waals surface area contributed by atoms with Gasteiger partial charge in [-0.1, -0.05) is 43.2 Å². The van der Waals surface area contributed by atoms with E-state index in [2.05, 4.69) is 25.6 Å². The number of aromatic nitrogens is 2. The molecule has 4 N–H and O–H groups in total. The van der Waals surface area contributed by atoms with Gasteiger partial charge in [-0.3, -0.25) is 14.4 Å². The molecule has 1 aliphatic heterocycles. The standard InChI is InChI=1S/C29H29F3N6O4/c1-38-20-7-3-2-6-19(20)23(17-8-10-18(11-9-17)29(30,31)32)35-24(26(38)41)36-27(42)28(12-4-5-13-28)37-25(40)21(39)16-22-33-14-15-34-22/h2-3,6-11,14-15,21,24,39H,4-5,12-13,16H2,1H3,(H,33,34)(H,36,42)(H,37,40)/t21-,24?/m1/s1. The first-order valence-electron chi connectivity index (χ1n) is 13.4. The predicted molar refractivity (Wildman–Crippen MR) is 147 cm³/mol. The Kier molecular flexibility index (Phi) is 7.87. The highest BCUT2D eigenvalue weighted by atomic mass is 19.4. The summed E-state index contributed by atoms with van der Waals surface area (Å²) in [5.41, 5.74) is -0.718. The number of carbonyl (C=O) groups excluding carboxylic acids is 3. The quantitative estimate of drug-likeness (QED) is 0.339. The smallest absolute Gasteiger partial charge is 0.383 e. The molecular weight excluding hydrogens is 553 g/mol. The first kappa shape index (κ1) is 29.0. The number of nitrogens with one attached hydrogen (secondary N) is 3. The van der Waals surface area contributed by atoms with Crippen LogP contribution in [-0.4, -0.2) is 63.4 Å². The normalized spacial score (nSPS) is 19.0. The zero-order valence-electron chi connectivity index (χ0n) is 22.6. The molecular formula is C29H29F3N6O4. The van der Waals surface area contributed by atoms with Gasteiger partial charge in [0.05, 0.1) is 17.0 Å². The summed E-state index contributed by atoms with van der Waals surface area (Å²) >= 11 is 0. The number of amides is 3. The van der Waals surface area contributed by atoms with Crippen LogP contribution < -0.4 is 15.5 Å². The van der Waals surface area contributed by atoms with Gasteiger partial charge in [0.1, 0.15) is 17.5 Å². The molecule has 13 heteroatoms. The minimum atomic E-state index is -4.53. The van der Waals surface area contributed by atoms with Crippen LogP contribution in [0.15, 0.2) is 65.9 Å². The molecule has 0 bridgehead atoms. The number of benzene rings is 2. The first-order chi connectivity index (χ1) is 20.0. The fraction of sp³-hybridized carbons (Fsp3) is 0.345. The zero-order chi connectivity index (χ0) is 30.1. The van der Waals surface area contributed by atoms with Crippen molar-refractivity contribution in [2.75, 3.05) is 11.9 Å². The second-order valence-electron chi connectivity index (χ2n) is 10.4. The molecule has 2 aromatic carbocycles. The minimum Gasteiger partial charge on any atom is -0.383 e. The number of benzodiazepines with no additional fused rings is 1. The number of para-hydroxylation sites is 1. The molecule has 0 spiro atoms. The Morgan fingerprint density at radius 3 is 2.48 bits per heavy atom. The van der Waals surface area contributed by atoms with Gasteiger partial charge in [0.15, 0.2) is 0 Å². The van der Waals surface area contributed by atoms with Crippen LogP contribution in [0.3, 0.4) is 0 Å². The van der Waals surface area contributed by atoms with Gasteiger partial charge in [0.2, 0.25) is 18.0 Å². The zero-order valence-corrected chi connectivity index (χ0v) is 22.6. The third kappa shape index (κ3) is 5.77. The number of nitrogens with zero attached hydrogens (tertiary/aromatic N) is 3. The van der Waals surface area contributed by atoms with E-state index in [1.54, 1.807) is 30.5 Å². The Hall–Kier alpha value is -4.52. The number of carbonyl (C=O) groups is 3. The molecule has 1 saturated carbocycles. The van der Waals surface area contributed by atoms with Gasteiger partial charge in [0, 0.05) is 37.0 Å². The van der Waals surface area contributed by atoms with Crippen LogP contribution in [0.5, 0.6) is 0 Å². The van der Waals surface area contributed by atoms with Crippen LogP contribution in [0.4, 0.5) is 18.9 Å². The highest BCUT2D eigenvalue weighted by Crippen LogP contribution is 2.33. The van der Waals surface area contributed by atoms with E-state index in [-0.39, 0.29) is 25.0 Å². The van der Waals surface area contributed by atoms with Crippen molar-refractivity contribution in [2.24, 2.45) is 4.99 Å². The molecule has 2 atom stereocenters. The summed E-state index contributed by atoms with van der Waals surface area (Å²) in [6.45, 7) is 0. The fourth-order valence-corrected chi connectivity index (χ4v) is 5.32. The average Bonchev–Trinajstić information content (AvgIpc) is 3.65. The molecule has 42 heavy (non-hydrogen) atoms. The molecule has 1 aliphatic carbocycles. The highest BCUT2D eigenvalue weighted by Gasteiger charge is 2.45. The molecule has 1 aromatic heterocycles. The number of alkyl halides is 3. The lowest BCUT2D eigenvalue weighted by Crippen LogP contribution is -2.61. The summed E-state index contributed by atoms with van der Waals surface area (Å²) in [4.78, 5) is 52.9. The van der Waals surface area contributed by atoms with E-state index < -0.39 is 47.3 Å². The van der Waals surface area contributed by atoms with Crippen LogP contribution in [0.1, 0.15) is 48.2 Å². The van der Waals surface area contributed by atoms with Crippen molar-refractivity contribution >= 4 is 29.1 Å². The second-order valence-corrected chi connectivity index (χ2v) is 10.4. The van der Waals surface area contributed by atoms with Crippen LogP contribution in [-0.2, 0) is 27.0 Å². The van der Waals surface area contributed by atoms with E-state index in [0.717, 1.165) is 12.1 Å². The number of imidazole rings is 1. The molecule has 10 nitrogen and oxygen atoms in total. The Morgan fingerprint density at radius 1 is 1.14 bits per heavy atom. The molecule has 3 amide bonds. The average molecular weight is 583 g/mol. The fourth-order valence-electron chi connectivity index (χ4n) is 5.32. The van der Waals surface area contributed by atoms with E-state index >= 15 is 0 Å². The summed E-state index contributed by atoms with van der Waals surface area (Å²) in [5.74, 6) is -1.57. The van der Waals surface area contributed by atoms with Gasteiger partial charge < -0.3 is 25.6 Å². The van der Waals surface area contributed by atoms with Gasteiger partial charge >= 0.3 is 6.18 Å². The van der Waals surface area contributed by atoms with Crippen molar-refractivity contribution < 1.29 is 32.7 Å². The molecule has 5 rings (SSSR count). The lowest BCUT2D eigenvalue weighted by molar-refractivity contribution is -0.138. The molecule has 2 heterocycles. The number of likely N-dealkylation sites (N-methyl/N-ethyl adjacent to an activating group) is 1. The Balaban J connectivity index is 1.44. The maximum absolute atomic E-state index is 13.8. The van der Waals surface area contributed by atoms with Crippen molar-refractivity contribution in [3.63, 3.8) is 0 Å². The molecule has 1 unspecified atom stereocenters. The van der Waals surface area contributed by atoms with Gasteiger partial charge in [-0.15, -0.1) is 0 Å². The summed E-state index contributed by atoms with van der Waals surface area (Å²) in [5, 5.41) is 15.8. The number of aliphatic hydroxyl groups is 1. The summed E-state index contributed by atoms with van der Waals surface area (Å²) in [7, 11) is 1.52. The molecule has 1 fully saturated rings. The van der Waals surface area contributed by atoms with Crippen LogP contribution in [0.25, 0.3) is 0 Å². The lowest BCUT2D eigenvalue weighted by atomic mass is 9.95. The van der Waals surface area contributed by atoms with Crippen LogP contribution >= 0.6 is 0 Å². The number of anilines is 1. The SMILES string of the molecule is CN1C(=O)C(NC(=O)C2(NC(=O)[C@H](O)Cc3ncc[nH]3)CCCC2)N=C(c2ccc(C(F)(F)F)cc2)c2ccccc21. The largest absolute Gasteiger partial charge is 0.416 e. The predicted octanol–water partition coefficient (Wildman–Crippen LogP) is 2.72. The van der Waals surface area contributed by atoms with Crippen molar-refractivity contribution in [3.8, 4) is 0 Å². The van der Waals surface area contributed by atoms with E-state index in [1.807, 2.05) is 0 Å². The van der Waals surface area contributed by atoms with E-state index in [0.29, 0.717) is 35.5 Å². The van der Waals surface area contributed by atoms with Crippen LogP contribution in [0.2, 0.25) is 0 Å². The number of hydrogen-bond donors (Lipinski definition) is 4. The summed E-state index contributed by atoms with van der Waals surface area (Å²) < 4.78 is 39.6. The van der Waals surface area contributed by atoms with E-state index in [9.17, 15) is 32.7 Å². The molecule has 220 valence electrons. The Labute approximate surface area is 239 Å². The number of hydrogen-bond acceptors (Lipinski definition) is 6. The van der Waals surface area contributed by atoms with Gasteiger partial charge in [-0.05, 0) is 31.0 Å². The maximum atomic E-state index is 13.8. The van der Waals surface area contributed by atoms with E-state index in [4.69, 9.17) is 0 Å². The van der Waals surface area contributed by atoms with Crippen molar-refractivity contribution in [3.05, 3.63) is 83.4 Å². The van der Waals surface area contributed by atoms with E-state index in [1.165, 1.54) is 30.3 Å². The summed E-state index contributed by atoms with van der Waals surface area (Å²) in [6, 6.07) is 11.2. The summed E-state index contributed by atoms with van der Waals surface area (Å²) in [6.07, 6.45) is -2.64. The van der Waals surface area contributed by atoms with Gasteiger partial charge in [0.25, 0.3) is 5.91 Å². The number of aromatic amines is 1. The number of aliphatic imine (C=N–C) groups is 1. The topological polar surface area (TPSA) is 140 Å². The number of rotatable bonds is 7. The Morgan fingerprint density at radius 2 is 1.83 bits per heavy atom. The number of halogens is 3. The Bertz CT molecular complexity index is 1500. The molecule has 0 radical (unpaired) electrons. The highest BCUT2D eigenvalue weighted by molar-refractivity contribution is 6.20. The minimum absolute atomic E-state index is 0.0819. The van der Waals surface area contributed by atoms with Crippen molar-refractivity contribution in [2.45, 2.75) is 56.1 Å². The number of H-pyrrole nitrogens is 1. The number of aliphatic hydroxyl groups excluding tert-OH is 1. The van der Waals surface area contributed by atoms with Gasteiger partial charge in [-0.25, -0.2) is 9.98 Å². The third-order valence-electron chi connectivity index (χ3n) is 7.60. The van der Waals surface area contributed by atoms with Crippen molar-refractivity contribution in [1.29, 1.82) is 0 Å². The molecule has 3 aromatic rings. The number of fused-ring (bicyclic) bond motifs is 1. The molecule has 2 aliphatic rings. The maximum Gasteiger partial charge on any atom is 0.416 e. The first-order valence-corrected chi connectivity index (χ1v) is 13.4. The third-order valence-corrected chi connectivity index (χ3v) is 7.60. The second kappa shape index (κ2) is 11.4. The van der Waals surface area contributed by atoms with Gasteiger partial charge in [-0.2, -0.15) is 13.2 Å². The van der Waals surface area contributed by atoms with Crippen LogP contribution in [0, 0.1) is 0 Å². The van der Waals surface area contributed by atoms with Crippen molar-refractivity contribution in [1.82, 2.24) is 20.6 Å². The monoisotopic (exact) mass is 582 g/mol. The molecule has 0 saturated heterocycles. The lowest BCUT2D eigenvalue weighted by Gasteiger charge is -2.31.